The molecule has 46 heavy (non-hydrogen) atoms. The minimum Gasteiger partial charge on any atom is -0.480 e. The Morgan fingerprint density at radius 3 is 2.22 bits per heavy atom. The number of carboxylic acids is 1. The zero-order valence-electron chi connectivity index (χ0n) is 26.1. The summed E-state index contributed by atoms with van der Waals surface area (Å²) < 4.78 is 12.8. The van der Waals surface area contributed by atoms with Gasteiger partial charge in [0, 0.05) is 30.5 Å². The second-order valence-corrected chi connectivity index (χ2v) is 12.8. The molecule has 1 fully saturated rings. The first-order chi connectivity index (χ1) is 22.0. The lowest BCUT2D eigenvalue weighted by Crippen LogP contribution is -2.52. The normalized spacial score (nSPS) is 16.5. The summed E-state index contributed by atoms with van der Waals surface area (Å²) in [4.78, 5) is 53.7. The number of nitrogens with zero attached hydrogens (tertiary/aromatic N) is 2. The molecule has 0 spiro atoms. The van der Waals surface area contributed by atoms with Gasteiger partial charge >= 0.3 is 18.2 Å². The number of carboxylic acid groups (broad SMARTS) is 1. The summed E-state index contributed by atoms with van der Waals surface area (Å²) in [7, 11) is 0. The van der Waals surface area contributed by atoms with E-state index in [2.05, 4.69) is 5.32 Å². The van der Waals surface area contributed by atoms with Crippen LogP contribution >= 0.6 is 0 Å². The number of aromatic nitrogens is 1. The van der Waals surface area contributed by atoms with E-state index in [1.807, 2.05) is 60.7 Å². The zero-order valence-corrected chi connectivity index (χ0v) is 26.1. The van der Waals surface area contributed by atoms with Crippen molar-refractivity contribution in [3.05, 3.63) is 95.7 Å². The second kappa shape index (κ2) is 12.3. The van der Waals surface area contributed by atoms with Crippen LogP contribution in [0.25, 0.3) is 22.0 Å². The number of hydrogen-bond donors (Lipinski definition) is 2. The molecule has 6 rings (SSSR count). The van der Waals surface area contributed by atoms with Gasteiger partial charge < -0.3 is 24.8 Å². The van der Waals surface area contributed by atoms with Crippen molar-refractivity contribution in [1.82, 2.24) is 14.8 Å². The lowest BCUT2D eigenvalue weighted by atomic mass is 9.98. The van der Waals surface area contributed by atoms with E-state index in [1.54, 1.807) is 39.1 Å². The third kappa shape index (κ3) is 6.07. The van der Waals surface area contributed by atoms with Crippen LogP contribution in [0, 0.1) is 0 Å². The van der Waals surface area contributed by atoms with E-state index in [0.29, 0.717) is 29.3 Å². The molecule has 0 bridgehead atoms. The van der Waals surface area contributed by atoms with Crippen molar-refractivity contribution in [2.24, 2.45) is 0 Å². The molecule has 4 aromatic rings. The largest absolute Gasteiger partial charge is 0.480 e. The molecule has 2 amide bonds. The summed E-state index contributed by atoms with van der Waals surface area (Å²) in [6.45, 7) is 5.65. The Balaban J connectivity index is 1.27. The van der Waals surface area contributed by atoms with Crippen LogP contribution in [0.4, 0.5) is 9.59 Å². The lowest BCUT2D eigenvalue weighted by molar-refractivity contribution is -0.148. The van der Waals surface area contributed by atoms with Crippen LogP contribution in [0.3, 0.4) is 0 Å². The molecule has 0 unspecified atom stereocenters. The standard InChI is InChI=1S/C36H37N3O7/c1-36(2,3)46-35(44)39-20-22(23-11-8-9-16-30(23)39)19-29(32(40)38-18-10-17-31(38)33(41)42)37-34(43)45-21-28-26-14-6-4-12-24(26)25-13-5-7-15-27(25)28/h4-9,11-16,20,28-29,31H,10,17-19,21H2,1-3H3,(H,37,43)(H,41,42)/t29-,31-/m0/s1. The van der Waals surface area contributed by atoms with E-state index in [1.165, 1.54) is 9.47 Å². The minimum absolute atomic E-state index is 0.00216. The third-order valence-corrected chi connectivity index (χ3v) is 8.56. The Kier molecular flexibility index (Phi) is 8.29. The smallest absolute Gasteiger partial charge is 0.419 e. The quantitative estimate of drug-likeness (QED) is 0.261. The molecular formula is C36H37N3O7. The number of carbonyl (C=O) groups is 4. The average Bonchev–Trinajstić information content (AvgIpc) is 3.74. The van der Waals surface area contributed by atoms with Crippen molar-refractivity contribution in [3.63, 3.8) is 0 Å². The number of hydrogen-bond acceptors (Lipinski definition) is 6. The van der Waals surface area contributed by atoms with E-state index in [-0.39, 0.29) is 25.5 Å². The first-order valence-corrected chi connectivity index (χ1v) is 15.5. The molecule has 2 atom stereocenters. The number of aliphatic carboxylic acids is 1. The van der Waals surface area contributed by atoms with Crippen LogP contribution in [-0.4, -0.2) is 69.5 Å². The second-order valence-electron chi connectivity index (χ2n) is 12.8. The van der Waals surface area contributed by atoms with Gasteiger partial charge in [0.1, 0.15) is 24.3 Å². The molecule has 1 saturated heterocycles. The maximum Gasteiger partial charge on any atom is 0.419 e. The van der Waals surface area contributed by atoms with Gasteiger partial charge in [-0.1, -0.05) is 66.7 Å². The highest BCUT2D eigenvalue weighted by Crippen LogP contribution is 2.44. The molecule has 10 nitrogen and oxygen atoms in total. The summed E-state index contributed by atoms with van der Waals surface area (Å²) in [5, 5.41) is 13.2. The van der Waals surface area contributed by atoms with Gasteiger partial charge in [0.2, 0.25) is 5.91 Å². The Labute approximate surface area is 266 Å². The zero-order chi connectivity index (χ0) is 32.6. The number of carbonyl (C=O) groups excluding carboxylic acids is 3. The molecule has 10 heteroatoms. The maximum atomic E-state index is 13.9. The number of rotatable bonds is 7. The van der Waals surface area contributed by atoms with Crippen LogP contribution < -0.4 is 5.32 Å². The minimum atomic E-state index is -1.14. The molecular weight excluding hydrogens is 586 g/mol. The first kappa shape index (κ1) is 30.9. The number of para-hydroxylation sites is 1. The number of likely N-dealkylation sites (tertiary alicyclic amines) is 1. The van der Waals surface area contributed by atoms with Crippen LogP contribution in [0.5, 0.6) is 0 Å². The van der Waals surface area contributed by atoms with Crippen LogP contribution in [0.2, 0.25) is 0 Å². The molecule has 2 N–H and O–H groups in total. The molecule has 2 aliphatic rings. The molecule has 0 radical (unpaired) electrons. The van der Waals surface area contributed by atoms with Crippen LogP contribution in [0.1, 0.15) is 56.2 Å². The van der Waals surface area contributed by atoms with Crippen LogP contribution in [-0.2, 0) is 25.5 Å². The van der Waals surface area contributed by atoms with Gasteiger partial charge in [0.15, 0.2) is 0 Å². The Morgan fingerprint density at radius 1 is 0.935 bits per heavy atom. The fourth-order valence-corrected chi connectivity index (χ4v) is 6.56. The average molecular weight is 624 g/mol. The predicted molar refractivity (Wildman–Crippen MR) is 172 cm³/mol. The number of nitrogens with one attached hydrogen (secondary N) is 1. The van der Waals surface area contributed by atoms with Crippen molar-refractivity contribution in [1.29, 1.82) is 0 Å². The van der Waals surface area contributed by atoms with Gasteiger partial charge in [0.25, 0.3) is 0 Å². The van der Waals surface area contributed by atoms with Gasteiger partial charge in [-0.25, -0.2) is 14.4 Å². The van der Waals surface area contributed by atoms with E-state index in [0.717, 1.165) is 22.3 Å². The van der Waals surface area contributed by atoms with E-state index in [9.17, 15) is 24.3 Å². The van der Waals surface area contributed by atoms with E-state index >= 15 is 0 Å². The highest BCUT2D eigenvalue weighted by Gasteiger charge is 2.38. The summed E-state index contributed by atoms with van der Waals surface area (Å²) in [5.74, 6) is -1.78. The van der Waals surface area contributed by atoms with Crippen molar-refractivity contribution in [3.8, 4) is 11.1 Å². The van der Waals surface area contributed by atoms with Crippen molar-refractivity contribution < 1.29 is 33.8 Å². The van der Waals surface area contributed by atoms with Crippen molar-refractivity contribution >= 4 is 35.0 Å². The number of benzene rings is 3. The monoisotopic (exact) mass is 623 g/mol. The fourth-order valence-electron chi connectivity index (χ4n) is 6.56. The number of fused-ring (bicyclic) bond motifs is 4. The maximum absolute atomic E-state index is 13.9. The highest BCUT2D eigenvalue weighted by molar-refractivity contribution is 5.94. The van der Waals surface area contributed by atoms with Gasteiger partial charge in [-0.2, -0.15) is 0 Å². The lowest BCUT2D eigenvalue weighted by Gasteiger charge is -2.27. The summed E-state index contributed by atoms with van der Waals surface area (Å²) >= 11 is 0. The Morgan fingerprint density at radius 2 is 1.57 bits per heavy atom. The molecule has 1 aliphatic heterocycles. The molecule has 1 aliphatic carbocycles. The number of amides is 2. The Hall–Kier alpha value is -5.12. The van der Waals surface area contributed by atoms with Gasteiger partial charge in [0.05, 0.1) is 5.52 Å². The fraction of sp³-hybridized carbons (Fsp3) is 0.333. The molecule has 1 aromatic heterocycles. The van der Waals surface area contributed by atoms with Gasteiger partial charge in [-0.3, -0.25) is 9.36 Å². The number of alkyl carbamates (subject to hydrolysis) is 1. The van der Waals surface area contributed by atoms with Gasteiger partial charge in [-0.05, 0) is 67.5 Å². The van der Waals surface area contributed by atoms with Crippen molar-refractivity contribution in [2.45, 2.75) is 63.6 Å². The predicted octanol–water partition coefficient (Wildman–Crippen LogP) is 5.95. The Bertz CT molecular complexity index is 1780. The molecule has 238 valence electrons. The van der Waals surface area contributed by atoms with Gasteiger partial charge in [-0.15, -0.1) is 0 Å². The first-order valence-electron chi connectivity index (χ1n) is 15.5. The summed E-state index contributed by atoms with van der Waals surface area (Å²) in [5.41, 5.74) is 4.77. The summed E-state index contributed by atoms with van der Waals surface area (Å²) in [6, 6.07) is 21.1. The van der Waals surface area contributed by atoms with Crippen molar-refractivity contribution in [2.75, 3.05) is 13.2 Å². The molecule has 2 heterocycles. The summed E-state index contributed by atoms with van der Waals surface area (Å²) in [6.07, 6.45) is 1.11. The SMILES string of the molecule is CC(C)(C)OC(=O)n1cc(C[C@H](NC(=O)OCC2c3ccccc3-c3ccccc32)C(=O)N2CCC[C@H]2C(=O)O)c2ccccc21. The highest BCUT2D eigenvalue weighted by atomic mass is 16.6. The van der Waals surface area contributed by atoms with E-state index < -0.39 is 41.7 Å². The third-order valence-electron chi connectivity index (χ3n) is 8.56. The molecule has 0 saturated carbocycles. The molecule has 3 aromatic carbocycles. The number of ether oxygens (including phenoxy) is 2. The topological polar surface area (TPSA) is 127 Å². The van der Waals surface area contributed by atoms with E-state index in [4.69, 9.17) is 9.47 Å². The van der Waals surface area contributed by atoms with Crippen LogP contribution in [0.15, 0.2) is 79.0 Å².